The minimum absolute atomic E-state index is 0.211. The van der Waals surface area contributed by atoms with Gasteiger partial charge in [0.25, 0.3) is 0 Å². The lowest BCUT2D eigenvalue weighted by Crippen LogP contribution is -2.50. The molecule has 2 atom stereocenters. The summed E-state index contributed by atoms with van der Waals surface area (Å²) in [5.74, 6) is 0.573. The minimum atomic E-state index is -0.481. The molecule has 0 fully saturated rings. The number of benzene rings is 2. The summed E-state index contributed by atoms with van der Waals surface area (Å²) in [5, 5.41) is 3.35. The Morgan fingerprint density at radius 2 is 1.80 bits per heavy atom. The Balaban J connectivity index is 1.82. The van der Waals surface area contributed by atoms with Gasteiger partial charge in [-0.15, -0.1) is 0 Å². The van der Waals surface area contributed by atoms with Crippen LogP contribution in [0.4, 0.5) is 10.1 Å². The summed E-state index contributed by atoms with van der Waals surface area (Å²) in [5.41, 5.74) is 2.43. The summed E-state index contributed by atoms with van der Waals surface area (Å²) < 4.78 is 30.5. The highest BCUT2D eigenvalue weighted by atomic mass is 19.1. The van der Waals surface area contributed by atoms with E-state index in [1.54, 1.807) is 26.4 Å². The van der Waals surface area contributed by atoms with E-state index < -0.39 is 5.60 Å². The Bertz CT molecular complexity index is 730. The molecule has 3 rings (SSSR count). The molecule has 134 valence electrons. The number of fused-ring (bicyclic) bond motifs is 1. The predicted octanol–water partition coefficient (Wildman–Crippen LogP) is 4.31. The maximum Gasteiger partial charge on any atom is 0.132 e. The molecule has 1 aliphatic heterocycles. The predicted molar refractivity (Wildman–Crippen MR) is 95.4 cm³/mol. The third kappa shape index (κ3) is 3.62. The highest BCUT2D eigenvalue weighted by molar-refractivity contribution is 5.53. The van der Waals surface area contributed by atoms with Gasteiger partial charge in [0, 0.05) is 32.0 Å². The first-order valence-corrected chi connectivity index (χ1v) is 8.31. The third-order valence-corrected chi connectivity index (χ3v) is 4.57. The quantitative estimate of drug-likeness (QED) is 0.876. The molecule has 25 heavy (non-hydrogen) atoms. The maximum atomic E-state index is 13.0. The lowest BCUT2D eigenvalue weighted by Gasteiger charge is -2.43. The molecule has 0 saturated carbocycles. The van der Waals surface area contributed by atoms with E-state index in [0.29, 0.717) is 6.54 Å². The first kappa shape index (κ1) is 17.7. The Morgan fingerprint density at radius 1 is 1.08 bits per heavy atom. The van der Waals surface area contributed by atoms with E-state index in [1.807, 2.05) is 32.0 Å². The Hall–Kier alpha value is -2.11. The molecule has 0 aliphatic carbocycles. The molecule has 0 bridgehead atoms. The average molecular weight is 345 g/mol. The van der Waals surface area contributed by atoms with E-state index in [1.165, 1.54) is 12.1 Å². The van der Waals surface area contributed by atoms with Crippen LogP contribution in [0.3, 0.4) is 0 Å². The van der Waals surface area contributed by atoms with Crippen LogP contribution in [0.2, 0.25) is 0 Å². The summed E-state index contributed by atoms with van der Waals surface area (Å²) in [6.07, 6.45) is -0.423. The van der Waals surface area contributed by atoms with Gasteiger partial charge in [-0.25, -0.2) is 4.39 Å². The molecule has 5 heteroatoms. The lowest BCUT2D eigenvalue weighted by atomic mass is 9.88. The summed E-state index contributed by atoms with van der Waals surface area (Å²) in [4.78, 5) is 0. The van der Waals surface area contributed by atoms with Crippen molar-refractivity contribution in [1.82, 2.24) is 0 Å². The highest BCUT2D eigenvalue weighted by Crippen LogP contribution is 2.43. The normalized spacial score (nSPS) is 21.3. The molecule has 2 unspecified atom stereocenters. The van der Waals surface area contributed by atoms with E-state index in [0.717, 1.165) is 22.6 Å². The van der Waals surface area contributed by atoms with Crippen LogP contribution in [0.15, 0.2) is 42.5 Å². The van der Waals surface area contributed by atoms with Gasteiger partial charge in [-0.2, -0.15) is 0 Å². The topological polar surface area (TPSA) is 39.7 Å². The molecule has 0 aromatic heterocycles. The van der Waals surface area contributed by atoms with E-state index in [-0.39, 0.29) is 18.0 Å². The van der Waals surface area contributed by atoms with Gasteiger partial charge < -0.3 is 19.5 Å². The van der Waals surface area contributed by atoms with Crippen LogP contribution in [0.25, 0.3) is 0 Å². The standard InChI is InChI=1S/C20H24FNO3/c1-20(2)19(24-4)18(23-3)16-11-15(9-10-17(16)25-20)22-12-13-5-7-14(21)8-6-13/h5-11,18-19,22H,12H2,1-4H3. The van der Waals surface area contributed by atoms with Gasteiger partial charge in [0.1, 0.15) is 29.4 Å². The second-order valence-electron chi connectivity index (χ2n) is 6.75. The van der Waals surface area contributed by atoms with Crippen LogP contribution < -0.4 is 10.1 Å². The van der Waals surface area contributed by atoms with Crippen molar-refractivity contribution in [2.45, 2.75) is 38.2 Å². The Morgan fingerprint density at radius 3 is 2.44 bits per heavy atom. The average Bonchev–Trinajstić information content (AvgIpc) is 2.59. The van der Waals surface area contributed by atoms with E-state index in [9.17, 15) is 4.39 Å². The zero-order valence-electron chi connectivity index (χ0n) is 15.0. The van der Waals surface area contributed by atoms with Gasteiger partial charge in [0.15, 0.2) is 0 Å². The first-order chi connectivity index (χ1) is 11.9. The Labute approximate surface area is 147 Å². The van der Waals surface area contributed by atoms with Gasteiger partial charge >= 0.3 is 0 Å². The molecule has 2 aromatic carbocycles. The molecular formula is C20H24FNO3. The van der Waals surface area contributed by atoms with Crippen LogP contribution in [0.5, 0.6) is 5.75 Å². The first-order valence-electron chi connectivity index (χ1n) is 8.31. The van der Waals surface area contributed by atoms with Crippen molar-refractivity contribution in [1.29, 1.82) is 0 Å². The van der Waals surface area contributed by atoms with Gasteiger partial charge in [0.05, 0.1) is 0 Å². The summed E-state index contributed by atoms with van der Waals surface area (Å²) in [6, 6.07) is 12.4. The molecule has 1 heterocycles. The van der Waals surface area contributed by atoms with E-state index in [4.69, 9.17) is 14.2 Å². The summed E-state index contributed by atoms with van der Waals surface area (Å²) >= 11 is 0. The lowest BCUT2D eigenvalue weighted by molar-refractivity contribution is -0.140. The molecule has 0 radical (unpaired) electrons. The smallest absolute Gasteiger partial charge is 0.132 e. The SMILES string of the molecule is COC1c2cc(NCc3ccc(F)cc3)ccc2OC(C)(C)C1OC. The number of halogens is 1. The van der Waals surface area contributed by atoms with Crippen molar-refractivity contribution in [3.8, 4) is 5.75 Å². The fraction of sp³-hybridized carbons (Fsp3) is 0.400. The molecular weight excluding hydrogens is 321 g/mol. The summed E-state index contributed by atoms with van der Waals surface area (Å²) in [7, 11) is 3.35. The molecule has 1 N–H and O–H groups in total. The second-order valence-corrected chi connectivity index (χ2v) is 6.75. The number of nitrogens with one attached hydrogen (secondary N) is 1. The molecule has 0 spiro atoms. The molecule has 2 aromatic rings. The van der Waals surface area contributed by atoms with Crippen molar-refractivity contribution in [2.75, 3.05) is 19.5 Å². The number of methoxy groups -OCH3 is 2. The molecule has 1 aliphatic rings. The number of hydrogen-bond donors (Lipinski definition) is 1. The van der Waals surface area contributed by atoms with Crippen molar-refractivity contribution in [2.24, 2.45) is 0 Å². The van der Waals surface area contributed by atoms with Crippen LogP contribution in [0.1, 0.15) is 31.1 Å². The van der Waals surface area contributed by atoms with Gasteiger partial charge in [-0.1, -0.05) is 12.1 Å². The van der Waals surface area contributed by atoms with Crippen LogP contribution >= 0.6 is 0 Å². The number of anilines is 1. The maximum absolute atomic E-state index is 13.0. The zero-order chi connectivity index (χ0) is 18.0. The largest absolute Gasteiger partial charge is 0.485 e. The molecule has 0 saturated heterocycles. The zero-order valence-corrected chi connectivity index (χ0v) is 15.0. The van der Waals surface area contributed by atoms with Crippen LogP contribution in [-0.2, 0) is 16.0 Å². The molecule has 0 amide bonds. The Kier molecular flexibility index (Phi) is 4.97. The van der Waals surface area contributed by atoms with Crippen molar-refractivity contribution < 1.29 is 18.6 Å². The van der Waals surface area contributed by atoms with Gasteiger partial charge in [0.2, 0.25) is 0 Å². The van der Waals surface area contributed by atoms with Crippen molar-refractivity contribution in [3.05, 3.63) is 59.4 Å². The second kappa shape index (κ2) is 7.02. The molecule has 4 nitrogen and oxygen atoms in total. The van der Waals surface area contributed by atoms with E-state index >= 15 is 0 Å². The van der Waals surface area contributed by atoms with E-state index in [2.05, 4.69) is 5.32 Å². The van der Waals surface area contributed by atoms with Crippen LogP contribution in [0, 0.1) is 5.82 Å². The van der Waals surface area contributed by atoms with Crippen LogP contribution in [-0.4, -0.2) is 25.9 Å². The van der Waals surface area contributed by atoms with Gasteiger partial charge in [-0.3, -0.25) is 0 Å². The van der Waals surface area contributed by atoms with Crippen molar-refractivity contribution in [3.63, 3.8) is 0 Å². The fourth-order valence-corrected chi connectivity index (χ4v) is 3.31. The summed E-state index contributed by atoms with van der Waals surface area (Å²) in [6.45, 7) is 4.60. The number of hydrogen-bond acceptors (Lipinski definition) is 4. The fourth-order valence-electron chi connectivity index (χ4n) is 3.31. The highest BCUT2D eigenvalue weighted by Gasteiger charge is 2.44. The monoisotopic (exact) mass is 345 g/mol. The van der Waals surface area contributed by atoms with Crippen molar-refractivity contribution >= 4 is 5.69 Å². The number of rotatable bonds is 5. The third-order valence-electron chi connectivity index (χ3n) is 4.57. The minimum Gasteiger partial charge on any atom is -0.485 e. The van der Waals surface area contributed by atoms with Gasteiger partial charge in [-0.05, 0) is 49.7 Å². The number of ether oxygens (including phenoxy) is 3.